The fourth-order valence-corrected chi connectivity index (χ4v) is 6.65. The molecule has 0 heterocycles. The van der Waals surface area contributed by atoms with Crippen LogP contribution in [-0.2, 0) is 32.7 Å². The number of phosphoric ester groups is 1. The molecule has 2 unspecified atom stereocenters. The Morgan fingerprint density at radius 2 is 0.922 bits per heavy atom. The maximum Gasteiger partial charge on any atom is 0.472 e. The summed E-state index contributed by atoms with van der Waals surface area (Å²) in [5.41, 5.74) is 0. The number of carbonyl (C=O) groups is 2. The molecule has 0 aromatic carbocycles. The normalized spacial score (nSPS) is 13.4. The fourth-order valence-electron chi connectivity index (χ4n) is 6.19. The maximum atomic E-state index is 12.4. The minimum atomic E-state index is -4.25. The summed E-state index contributed by atoms with van der Waals surface area (Å²) in [7, 11) is -3.19. The lowest BCUT2D eigenvalue weighted by Gasteiger charge is -2.19. The molecule has 0 aromatic heterocycles. The van der Waals surface area contributed by atoms with Gasteiger partial charge in [0.1, 0.15) is 6.61 Å². The van der Waals surface area contributed by atoms with Gasteiger partial charge < -0.3 is 14.4 Å². The lowest BCUT2D eigenvalue weighted by atomic mass is 10.0. The van der Waals surface area contributed by atoms with Crippen molar-refractivity contribution in [3.63, 3.8) is 0 Å². The third-order valence-electron chi connectivity index (χ3n) is 9.49. The third kappa shape index (κ3) is 38.3. The van der Waals surface area contributed by atoms with Crippen LogP contribution in [0.4, 0.5) is 0 Å². The van der Waals surface area contributed by atoms with Crippen LogP contribution in [0.2, 0.25) is 0 Å². The summed E-state index contributed by atoms with van der Waals surface area (Å²) in [6, 6.07) is 0. The first-order chi connectivity index (χ1) is 24.8. The average molecular weight is 745 g/mol. The van der Waals surface area contributed by atoms with E-state index in [1.165, 1.54) is 128 Å². The SMILES string of the molecule is CCC/C=C\CCCCCCCC(=O)OC(COC(=O)CCCCCCCCCCCCCCCCCCCCCCCC)COP(=O)(O)OC. The van der Waals surface area contributed by atoms with Crippen LogP contribution in [0.25, 0.3) is 0 Å². The molecule has 0 spiro atoms. The molecule has 51 heavy (non-hydrogen) atoms. The molecule has 0 rings (SSSR count). The Hall–Kier alpha value is -1.21. The lowest BCUT2D eigenvalue weighted by Crippen LogP contribution is -2.29. The fraction of sp³-hybridized carbons (Fsp3) is 0.905. The Balaban J connectivity index is 3.84. The van der Waals surface area contributed by atoms with Crippen LogP contribution in [0.15, 0.2) is 12.2 Å². The number of hydrogen-bond donors (Lipinski definition) is 1. The quantitative estimate of drug-likeness (QED) is 0.0286. The van der Waals surface area contributed by atoms with Crippen molar-refractivity contribution in [1.29, 1.82) is 0 Å². The lowest BCUT2D eigenvalue weighted by molar-refractivity contribution is -0.161. The highest BCUT2D eigenvalue weighted by Gasteiger charge is 2.24. The highest BCUT2D eigenvalue weighted by Crippen LogP contribution is 2.42. The Bertz CT molecular complexity index is 849. The van der Waals surface area contributed by atoms with E-state index in [-0.39, 0.29) is 19.0 Å². The second-order valence-electron chi connectivity index (χ2n) is 14.5. The van der Waals surface area contributed by atoms with Gasteiger partial charge >= 0.3 is 19.8 Å². The largest absolute Gasteiger partial charge is 0.472 e. The predicted molar refractivity (Wildman–Crippen MR) is 212 cm³/mol. The molecule has 0 aliphatic carbocycles. The number of hydrogen-bond acceptors (Lipinski definition) is 7. The highest BCUT2D eigenvalue weighted by molar-refractivity contribution is 7.47. The van der Waals surface area contributed by atoms with Crippen molar-refractivity contribution in [3.05, 3.63) is 12.2 Å². The van der Waals surface area contributed by atoms with Gasteiger partial charge in [0, 0.05) is 20.0 Å². The van der Waals surface area contributed by atoms with Gasteiger partial charge in [-0.3, -0.25) is 18.6 Å². The molecule has 9 heteroatoms. The van der Waals surface area contributed by atoms with E-state index in [1.54, 1.807) is 0 Å². The molecule has 1 N–H and O–H groups in total. The van der Waals surface area contributed by atoms with E-state index < -0.39 is 26.5 Å². The van der Waals surface area contributed by atoms with Crippen LogP contribution >= 0.6 is 7.82 Å². The Labute approximate surface area is 314 Å². The smallest absolute Gasteiger partial charge is 0.462 e. The van der Waals surface area contributed by atoms with Crippen molar-refractivity contribution in [2.75, 3.05) is 20.3 Å². The Morgan fingerprint density at radius 3 is 1.35 bits per heavy atom. The summed E-state index contributed by atoms with van der Waals surface area (Å²) in [4.78, 5) is 34.3. The number of unbranched alkanes of at least 4 members (excludes halogenated alkanes) is 27. The molecule has 0 amide bonds. The first-order valence-corrected chi connectivity index (χ1v) is 22.9. The van der Waals surface area contributed by atoms with Crippen molar-refractivity contribution in [3.8, 4) is 0 Å². The monoisotopic (exact) mass is 745 g/mol. The van der Waals surface area contributed by atoms with Gasteiger partial charge in [-0.05, 0) is 32.1 Å². The molecule has 0 aromatic rings. The van der Waals surface area contributed by atoms with Crippen molar-refractivity contribution in [2.45, 2.75) is 225 Å². The number of rotatable bonds is 40. The average Bonchev–Trinajstić information content (AvgIpc) is 3.12. The van der Waals surface area contributed by atoms with Gasteiger partial charge in [-0.15, -0.1) is 0 Å². The topological polar surface area (TPSA) is 108 Å². The molecule has 0 fully saturated rings. The van der Waals surface area contributed by atoms with E-state index in [0.717, 1.165) is 64.9 Å². The zero-order valence-corrected chi connectivity index (χ0v) is 34.4. The van der Waals surface area contributed by atoms with E-state index in [9.17, 15) is 19.0 Å². The number of allylic oxidation sites excluding steroid dienone is 2. The van der Waals surface area contributed by atoms with Gasteiger partial charge in [-0.1, -0.05) is 187 Å². The van der Waals surface area contributed by atoms with E-state index in [0.29, 0.717) is 12.8 Å². The first kappa shape index (κ1) is 49.8. The van der Waals surface area contributed by atoms with Crippen molar-refractivity contribution < 1.29 is 37.6 Å². The molecule has 2 atom stereocenters. The maximum absolute atomic E-state index is 12.4. The number of carbonyl (C=O) groups excluding carboxylic acids is 2. The third-order valence-corrected chi connectivity index (χ3v) is 10.4. The van der Waals surface area contributed by atoms with Crippen molar-refractivity contribution in [1.82, 2.24) is 0 Å². The van der Waals surface area contributed by atoms with Crippen LogP contribution in [0.3, 0.4) is 0 Å². The second kappa shape index (κ2) is 38.5. The molecular weight excluding hydrogens is 663 g/mol. The van der Waals surface area contributed by atoms with E-state index in [1.807, 2.05) is 0 Å². The minimum Gasteiger partial charge on any atom is -0.462 e. The van der Waals surface area contributed by atoms with Gasteiger partial charge in [-0.25, -0.2) is 4.57 Å². The standard InChI is InChI=1S/C42H81O8P/c1-4-6-8-10-12-14-16-17-18-19-20-21-22-23-24-25-26-27-29-30-32-34-36-41(43)48-38-40(39-49-51(45,46)47-3)50-42(44)37-35-33-31-28-15-13-11-9-7-5-2/h9,11,40H,4-8,10,12-39H2,1-3H3,(H,45,46)/b11-9-. The van der Waals surface area contributed by atoms with Gasteiger partial charge in [0.25, 0.3) is 0 Å². The summed E-state index contributed by atoms with van der Waals surface area (Å²) in [6.45, 7) is 3.83. The Kier molecular flexibility index (Phi) is 37.6. The van der Waals surface area contributed by atoms with Crippen LogP contribution in [0, 0.1) is 0 Å². The highest BCUT2D eigenvalue weighted by atomic mass is 31.2. The summed E-state index contributed by atoms with van der Waals surface area (Å²) >= 11 is 0. The summed E-state index contributed by atoms with van der Waals surface area (Å²) in [5, 5.41) is 0. The van der Waals surface area contributed by atoms with Gasteiger partial charge in [0.2, 0.25) is 0 Å². The molecule has 302 valence electrons. The molecule has 0 aliphatic rings. The number of ether oxygens (including phenoxy) is 2. The Morgan fingerprint density at radius 1 is 0.529 bits per heavy atom. The first-order valence-electron chi connectivity index (χ1n) is 21.4. The predicted octanol–water partition coefficient (Wildman–Crippen LogP) is 13.3. The number of esters is 2. The zero-order chi connectivity index (χ0) is 37.5. The van der Waals surface area contributed by atoms with Crippen LogP contribution < -0.4 is 0 Å². The second-order valence-corrected chi connectivity index (χ2v) is 16.0. The molecular formula is C42H81O8P. The number of phosphoric acid groups is 1. The molecule has 0 saturated carbocycles. The van der Waals surface area contributed by atoms with E-state index in [4.69, 9.17) is 14.0 Å². The van der Waals surface area contributed by atoms with Gasteiger partial charge in [0.05, 0.1) is 6.61 Å². The van der Waals surface area contributed by atoms with Crippen molar-refractivity contribution in [2.24, 2.45) is 0 Å². The van der Waals surface area contributed by atoms with Gasteiger partial charge in [-0.2, -0.15) is 0 Å². The summed E-state index contributed by atoms with van der Waals surface area (Å²) < 4.78 is 31.9. The molecule has 0 aliphatic heterocycles. The minimum absolute atomic E-state index is 0.223. The molecule has 0 saturated heterocycles. The van der Waals surface area contributed by atoms with E-state index >= 15 is 0 Å². The summed E-state index contributed by atoms with van der Waals surface area (Å²) in [6.07, 6.45) is 41.4. The van der Waals surface area contributed by atoms with Crippen LogP contribution in [0.5, 0.6) is 0 Å². The molecule has 0 bridgehead atoms. The molecule has 0 radical (unpaired) electrons. The summed E-state index contributed by atoms with van der Waals surface area (Å²) in [5.74, 6) is -0.806. The van der Waals surface area contributed by atoms with Crippen LogP contribution in [-0.4, -0.2) is 43.3 Å². The van der Waals surface area contributed by atoms with Crippen LogP contribution in [0.1, 0.15) is 219 Å². The van der Waals surface area contributed by atoms with Gasteiger partial charge in [0.15, 0.2) is 6.10 Å². The molecule has 8 nitrogen and oxygen atoms in total. The van der Waals surface area contributed by atoms with E-state index in [2.05, 4.69) is 30.5 Å². The van der Waals surface area contributed by atoms with Crippen molar-refractivity contribution >= 4 is 19.8 Å². The zero-order valence-electron chi connectivity index (χ0n) is 33.5.